The number of rotatable bonds is 1. The SMILES string of the molecule is Cc1c(O)nc(-c2ccccc2)sc1=O. The molecule has 0 radical (unpaired) electrons. The molecule has 1 N–H and O–H groups in total. The Morgan fingerprint density at radius 3 is 2.53 bits per heavy atom. The molecular formula is C11H9NO2S. The minimum Gasteiger partial charge on any atom is -0.493 e. The van der Waals surface area contributed by atoms with Gasteiger partial charge in [-0.05, 0) is 6.92 Å². The molecule has 0 amide bonds. The van der Waals surface area contributed by atoms with E-state index < -0.39 is 0 Å². The first-order valence-corrected chi connectivity index (χ1v) is 5.26. The van der Waals surface area contributed by atoms with Crippen molar-refractivity contribution >= 4 is 11.3 Å². The molecule has 2 rings (SSSR count). The van der Waals surface area contributed by atoms with Gasteiger partial charge >= 0.3 is 0 Å². The third-order valence-electron chi connectivity index (χ3n) is 2.06. The van der Waals surface area contributed by atoms with E-state index in [4.69, 9.17) is 0 Å². The average molecular weight is 219 g/mol. The Balaban J connectivity index is 2.61. The second-order valence-electron chi connectivity index (χ2n) is 3.12. The molecule has 0 aliphatic carbocycles. The second-order valence-corrected chi connectivity index (χ2v) is 4.08. The summed E-state index contributed by atoms with van der Waals surface area (Å²) < 4.78 is -0.152. The summed E-state index contributed by atoms with van der Waals surface area (Å²) in [7, 11) is 0. The number of hydrogen-bond donors (Lipinski definition) is 1. The van der Waals surface area contributed by atoms with Gasteiger partial charge in [0.15, 0.2) is 0 Å². The zero-order valence-electron chi connectivity index (χ0n) is 8.10. The summed E-state index contributed by atoms with van der Waals surface area (Å²) in [5.74, 6) is -0.183. The number of aromatic hydroxyl groups is 1. The van der Waals surface area contributed by atoms with Crippen LogP contribution in [0, 0.1) is 6.92 Å². The van der Waals surface area contributed by atoms with Crippen molar-refractivity contribution in [2.75, 3.05) is 0 Å². The first-order valence-electron chi connectivity index (χ1n) is 4.44. The van der Waals surface area contributed by atoms with E-state index >= 15 is 0 Å². The molecule has 3 nitrogen and oxygen atoms in total. The molecule has 15 heavy (non-hydrogen) atoms. The van der Waals surface area contributed by atoms with Crippen molar-refractivity contribution in [1.82, 2.24) is 4.98 Å². The Kier molecular flexibility index (Phi) is 2.51. The fourth-order valence-electron chi connectivity index (χ4n) is 1.16. The van der Waals surface area contributed by atoms with E-state index in [-0.39, 0.29) is 10.6 Å². The van der Waals surface area contributed by atoms with Gasteiger partial charge in [-0.1, -0.05) is 41.7 Å². The third-order valence-corrected chi connectivity index (χ3v) is 3.07. The Labute approximate surface area is 90.7 Å². The van der Waals surface area contributed by atoms with Crippen LogP contribution < -0.4 is 4.74 Å². The van der Waals surface area contributed by atoms with Crippen LogP contribution in [-0.2, 0) is 0 Å². The molecule has 0 atom stereocenters. The van der Waals surface area contributed by atoms with Gasteiger partial charge in [0.2, 0.25) is 10.6 Å². The predicted octanol–water partition coefficient (Wildman–Crippen LogP) is 2.18. The van der Waals surface area contributed by atoms with Gasteiger partial charge in [-0.3, -0.25) is 4.79 Å². The lowest BCUT2D eigenvalue weighted by molar-refractivity contribution is 0.450. The predicted molar refractivity (Wildman–Crippen MR) is 60.2 cm³/mol. The molecule has 0 spiro atoms. The third kappa shape index (κ3) is 1.89. The van der Waals surface area contributed by atoms with E-state index in [2.05, 4.69) is 4.98 Å². The molecule has 2 aromatic rings. The molecule has 1 heterocycles. The molecule has 0 saturated heterocycles. The molecule has 0 bridgehead atoms. The van der Waals surface area contributed by atoms with Crippen LogP contribution >= 0.6 is 11.3 Å². The van der Waals surface area contributed by atoms with Crippen molar-refractivity contribution in [3.05, 3.63) is 45.4 Å². The maximum atomic E-state index is 11.5. The van der Waals surface area contributed by atoms with Crippen molar-refractivity contribution in [3.63, 3.8) is 0 Å². The highest BCUT2D eigenvalue weighted by Gasteiger charge is 2.07. The second kappa shape index (κ2) is 3.82. The lowest BCUT2D eigenvalue weighted by Gasteiger charge is -2.00. The summed E-state index contributed by atoms with van der Waals surface area (Å²) in [5, 5.41) is 9.98. The molecule has 0 fully saturated rings. The summed E-state index contributed by atoms with van der Waals surface area (Å²) in [4.78, 5) is 15.4. The van der Waals surface area contributed by atoms with Crippen LogP contribution in [0.4, 0.5) is 0 Å². The quantitative estimate of drug-likeness (QED) is 0.799. The zero-order chi connectivity index (χ0) is 10.8. The minimum absolute atomic E-state index is 0.152. The first-order chi connectivity index (χ1) is 7.18. The molecule has 1 aromatic carbocycles. The van der Waals surface area contributed by atoms with Gasteiger partial charge in [0, 0.05) is 5.56 Å². The van der Waals surface area contributed by atoms with Crippen molar-refractivity contribution in [2.45, 2.75) is 6.92 Å². The molecule has 76 valence electrons. The Hall–Kier alpha value is -1.68. The van der Waals surface area contributed by atoms with Gasteiger partial charge in [0.1, 0.15) is 5.01 Å². The maximum absolute atomic E-state index is 11.5. The van der Waals surface area contributed by atoms with Gasteiger partial charge < -0.3 is 5.11 Å². The van der Waals surface area contributed by atoms with E-state index in [1.807, 2.05) is 30.3 Å². The Bertz CT molecular complexity index is 534. The summed E-state index contributed by atoms with van der Waals surface area (Å²) in [6.45, 7) is 1.57. The van der Waals surface area contributed by atoms with Crippen molar-refractivity contribution in [3.8, 4) is 16.5 Å². The van der Waals surface area contributed by atoms with E-state index in [1.54, 1.807) is 6.92 Å². The average Bonchev–Trinajstić information content (AvgIpc) is 2.26. The Morgan fingerprint density at radius 2 is 1.93 bits per heavy atom. The fourth-order valence-corrected chi connectivity index (χ4v) is 1.97. The van der Waals surface area contributed by atoms with Crippen molar-refractivity contribution < 1.29 is 5.11 Å². The van der Waals surface area contributed by atoms with Gasteiger partial charge in [0.05, 0.1) is 5.56 Å². The molecule has 0 unspecified atom stereocenters. The van der Waals surface area contributed by atoms with E-state index in [0.29, 0.717) is 10.6 Å². The van der Waals surface area contributed by atoms with E-state index in [0.717, 1.165) is 16.9 Å². The molecule has 1 aromatic heterocycles. The summed E-state index contributed by atoms with van der Waals surface area (Å²) >= 11 is 1.04. The van der Waals surface area contributed by atoms with E-state index in [9.17, 15) is 9.90 Å². The van der Waals surface area contributed by atoms with Crippen molar-refractivity contribution in [2.24, 2.45) is 0 Å². The van der Waals surface area contributed by atoms with Crippen LogP contribution in [0.5, 0.6) is 5.88 Å². The molecule has 4 heteroatoms. The van der Waals surface area contributed by atoms with E-state index in [1.165, 1.54) is 0 Å². The normalized spacial score (nSPS) is 10.2. The first kappa shape index (κ1) is 9.86. The van der Waals surface area contributed by atoms with Gasteiger partial charge in [-0.15, -0.1) is 0 Å². The number of aromatic nitrogens is 1. The summed E-state index contributed by atoms with van der Waals surface area (Å²) in [6.07, 6.45) is 0. The molecule has 0 aliphatic rings. The summed E-state index contributed by atoms with van der Waals surface area (Å²) in [5.41, 5.74) is 1.15. The van der Waals surface area contributed by atoms with Crippen LogP contribution in [0.25, 0.3) is 10.6 Å². The smallest absolute Gasteiger partial charge is 0.242 e. The van der Waals surface area contributed by atoms with Crippen molar-refractivity contribution in [1.29, 1.82) is 0 Å². The monoisotopic (exact) mass is 219 g/mol. The Morgan fingerprint density at radius 1 is 1.27 bits per heavy atom. The molecular weight excluding hydrogens is 210 g/mol. The largest absolute Gasteiger partial charge is 0.493 e. The zero-order valence-corrected chi connectivity index (χ0v) is 8.91. The van der Waals surface area contributed by atoms with Crippen LogP contribution in [0.15, 0.2) is 35.1 Å². The van der Waals surface area contributed by atoms with Gasteiger partial charge in [-0.2, -0.15) is 0 Å². The number of benzene rings is 1. The standard InChI is InChI=1S/C11H9NO2S/c1-7-9(13)12-10(15-11(7)14)8-5-3-2-4-6-8/h2-6,13H,1H3. The highest BCUT2D eigenvalue weighted by Crippen LogP contribution is 2.22. The number of hydrogen-bond acceptors (Lipinski definition) is 4. The highest BCUT2D eigenvalue weighted by atomic mass is 32.1. The molecule has 0 aliphatic heterocycles. The topological polar surface area (TPSA) is 50.2 Å². The van der Waals surface area contributed by atoms with Gasteiger partial charge in [0.25, 0.3) is 0 Å². The highest BCUT2D eigenvalue weighted by molar-refractivity contribution is 7.12. The van der Waals surface area contributed by atoms with Gasteiger partial charge in [-0.25, -0.2) is 4.98 Å². The fraction of sp³-hybridized carbons (Fsp3) is 0.0909. The van der Waals surface area contributed by atoms with Crippen LogP contribution in [0.2, 0.25) is 0 Å². The lowest BCUT2D eigenvalue weighted by Crippen LogP contribution is -2.01. The van der Waals surface area contributed by atoms with Crippen LogP contribution in [0.1, 0.15) is 5.56 Å². The van der Waals surface area contributed by atoms with Crippen LogP contribution in [0.3, 0.4) is 0 Å². The van der Waals surface area contributed by atoms with Crippen LogP contribution in [-0.4, -0.2) is 10.1 Å². The maximum Gasteiger partial charge on any atom is 0.242 e. The molecule has 0 saturated carbocycles. The lowest BCUT2D eigenvalue weighted by atomic mass is 10.2. The minimum atomic E-state index is -0.183. The number of nitrogens with zero attached hydrogens (tertiary/aromatic N) is 1. The summed E-state index contributed by atoms with van der Waals surface area (Å²) in [6, 6.07) is 9.33.